The van der Waals surface area contributed by atoms with Gasteiger partial charge in [0.25, 0.3) is 0 Å². The summed E-state index contributed by atoms with van der Waals surface area (Å²) in [7, 11) is 0. The van der Waals surface area contributed by atoms with Gasteiger partial charge < -0.3 is 10.5 Å². The van der Waals surface area contributed by atoms with Crippen molar-refractivity contribution in [1.29, 1.82) is 5.26 Å². The lowest BCUT2D eigenvalue weighted by Gasteiger charge is -2.11. The van der Waals surface area contributed by atoms with Gasteiger partial charge in [-0.2, -0.15) is 5.26 Å². The fraction of sp³-hybridized carbons (Fsp3) is 0.300. The van der Waals surface area contributed by atoms with Crippen LogP contribution in [0.3, 0.4) is 0 Å². The van der Waals surface area contributed by atoms with E-state index in [2.05, 4.69) is 4.74 Å². The molecule has 3 nitrogen and oxygen atoms in total. The highest BCUT2D eigenvalue weighted by molar-refractivity contribution is 5.60. The first-order valence-electron chi connectivity index (χ1n) is 3.89. The molecule has 0 aliphatic heterocycles. The van der Waals surface area contributed by atoms with Gasteiger partial charge in [-0.1, -0.05) is 7.43 Å². The number of benzene rings is 1. The normalized spacial score (nSPS) is 10.2. The van der Waals surface area contributed by atoms with Crippen molar-refractivity contribution < 1.29 is 17.9 Å². The molecule has 0 spiro atoms. The Morgan fingerprint density at radius 1 is 1.38 bits per heavy atom. The highest BCUT2D eigenvalue weighted by Crippen LogP contribution is 2.28. The van der Waals surface area contributed by atoms with E-state index in [0.29, 0.717) is 5.56 Å². The molecule has 2 N–H and O–H groups in total. The van der Waals surface area contributed by atoms with E-state index in [1.54, 1.807) is 6.07 Å². The van der Waals surface area contributed by atoms with Crippen LogP contribution in [0.15, 0.2) is 12.1 Å². The second-order valence-corrected chi connectivity index (χ2v) is 2.86. The summed E-state index contributed by atoms with van der Waals surface area (Å²) >= 11 is 0. The Balaban J connectivity index is 0.00000225. The summed E-state index contributed by atoms with van der Waals surface area (Å²) in [5.74, 6) is -0.420. The molecule has 16 heavy (non-hydrogen) atoms. The number of nitrogens with zero attached hydrogens (tertiary/aromatic N) is 1. The number of nitrogens with two attached hydrogens (primary N) is 1. The molecule has 0 heterocycles. The second kappa shape index (κ2) is 4.75. The SMILES string of the molecule is C.Cc1cc(OC(F)(F)F)cc(N)c1C#N. The van der Waals surface area contributed by atoms with Crippen molar-refractivity contribution in [2.75, 3.05) is 5.73 Å². The van der Waals surface area contributed by atoms with Crippen molar-refractivity contribution in [3.05, 3.63) is 23.3 Å². The first kappa shape index (κ1) is 14.1. The molecular weight excluding hydrogens is 221 g/mol. The fourth-order valence-electron chi connectivity index (χ4n) is 1.13. The minimum Gasteiger partial charge on any atom is -0.406 e. The number of alkyl halides is 3. The maximum Gasteiger partial charge on any atom is 0.573 e. The lowest BCUT2D eigenvalue weighted by Crippen LogP contribution is -2.17. The summed E-state index contributed by atoms with van der Waals surface area (Å²) in [4.78, 5) is 0. The largest absolute Gasteiger partial charge is 0.573 e. The van der Waals surface area contributed by atoms with Gasteiger partial charge in [-0.3, -0.25) is 0 Å². The zero-order valence-corrected chi connectivity index (χ0v) is 7.72. The number of rotatable bonds is 1. The first-order valence-corrected chi connectivity index (χ1v) is 3.89. The molecule has 0 aliphatic rings. The monoisotopic (exact) mass is 232 g/mol. The number of nitriles is 1. The summed E-state index contributed by atoms with van der Waals surface area (Å²) in [6.07, 6.45) is -4.76. The smallest absolute Gasteiger partial charge is 0.406 e. The predicted molar refractivity (Wildman–Crippen MR) is 53.7 cm³/mol. The Kier molecular flexibility index (Phi) is 4.18. The Hall–Kier alpha value is -1.90. The van der Waals surface area contributed by atoms with Crippen LogP contribution in [0.5, 0.6) is 5.75 Å². The minimum absolute atomic E-state index is 0. The van der Waals surface area contributed by atoms with Crippen molar-refractivity contribution in [2.24, 2.45) is 0 Å². The molecule has 0 bridgehead atoms. The Bertz CT molecular complexity index is 398. The van der Waals surface area contributed by atoms with Gasteiger partial charge in [0.15, 0.2) is 0 Å². The van der Waals surface area contributed by atoms with E-state index in [4.69, 9.17) is 11.0 Å². The van der Waals surface area contributed by atoms with Crippen molar-refractivity contribution in [2.45, 2.75) is 20.7 Å². The molecular formula is C10H11F3N2O. The summed E-state index contributed by atoms with van der Waals surface area (Å²) in [6.45, 7) is 1.48. The number of hydrogen-bond donors (Lipinski definition) is 1. The molecule has 1 aromatic rings. The average Bonchev–Trinajstić information content (AvgIpc) is 1.99. The lowest BCUT2D eigenvalue weighted by molar-refractivity contribution is -0.274. The molecule has 6 heteroatoms. The number of anilines is 1. The molecule has 1 rings (SSSR count). The maximum absolute atomic E-state index is 11.9. The molecule has 0 saturated heterocycles. The number of hydrogen-bond acceptors (Lipinski definition) is 3. The lowest BCUT2D eigenvalue weighted by atomic mass is 10.1. The molecule has 0 aromatic heterocycles. The zero-order valence-electron chi connectivity index (χ0n) is 7.72. The van der Waals surface area contributed by atoms with Crippen LogP contribution in [-0.4, -0.2) is 6.36 Å². The quantitative estimate of drug-likeness (QED) is 0.757. The third-order valence-corrected chi connectivity index (χ3v) is 1.68. The van der Waals surface area contributed by atoms with Crippen molar-refractivity contribution in [1.82, 2.24) is 0 Å². The Labute approximate surface area is 91.2 Å². The van der Waals surface area contributed by atoms with Crippen LogP contribution in [0.25, 0.3) is 0 Å². The molecule has 0 fully saturated rings. The van der Waals surface area contributed by atoms with Crippen molar-refractivity contribution >= 4 is 5.69 Å². The molecule has 1 aromatic carbocycles. The highest BCUT2D eigenvalue weighted by atomic mass is 19.4. The molecule has 0 amide bonds. The molecule has 0 unspecified atom stereocenters. The van der Waals surface area contributed by atoms with Crippen LogP contribution in [0.1, 0.15) is 18.6 Å². The van der Waals surface area contributed by atoms with Crippen molar-refractivity contribution in [3.63, 3.8) is 0 Å². The maximum atomic E-state index is 11.9. The van der Waals surface area contributed by atoms with E-state index >= 15 is 0 Å². The van der Waals surface area contributed by atoms with E-state index < -0.39 is 12.1 Å². The number of ether oxygens (including phenoxy) is 1. The second-order valence-electron chi connectivity index (χ2n) is 2.86. The van der Waals surface area contributed by atoms with Gasteiger partial charge in [0.05, 0.1) is 11.3 Å². The van der Waals surface area contributed by atoms with Crippen LogP contribution >= 0.6 is 0 Å². The molecule has 0 saturated carbocycles. The number of halogens is 3. The first-order chi connectivity index (χ1) is 6.83. The van der Waals surface area contributed by atoms with Crippen LogP contribution in [0, 0.1) is 18.3 Å². The van der Waals surface area contributed by atoms with Gasteiger partial charge >= 0.3 is 6.36 Å². The standard InChI is InChI=1S/C9H7F3N2O.CH4/c1-5-2-6(15-9(10,11)12)3-8(14)7(5)4-13;/h2-3H,14H2,1H3;1H4. The molecule has 0 aliphatic carbocycles. The summed E-state index contributed by atoms with van der Waals surface area (Å²) in [5, 5.41) is 8.63. The summed E-state index contributed by atoms with van der Waals surface area (Å²) < 4.78 is 39.3. The van der Waals surface area contributed by atoms with Crippen LogP contribution < -0.4 is 10.5 Å². The van der Waals surface area contributed by atoms with Gasteiger partial charge in [0.2, 0.25) is 0 Å². The van der Waals surface area contributed by atoms with E-state index in [9.17, 15) is 13.2 Å². The number of nitrogen functional groups attached to an aromatic ring is 1. The van der Waals surface area contributed by atoms with Gasteiger partial charge in [0, 0.05) is 6.07 Å². The third kappa shape index (κ3) is 3.35. The Morgan fingerprint density at radius 2 is 1.94 bits per heavy atom. The molecule has 0 radical (unpaired) electrons. The van der Waals surface area contributed by atoms with Gasteiger partial charge in [0.1, 0.15) is 11.8 Å². The van der Waals surface area contributed by atoms with Crippen LogP contribution in [-0.2, 0) is 0 Å². The van der Waals surface area contributed by atoms with Gasteiger partial charge in [-0.05, 0) is 18.6 Å². The summed E-state index contributed by atoms with van der Waals surface area (Å²) in [5.41, 5.74) is 5.85. The van der Waals surface area contributed by atoms with E-state index in [-0.39, 0.29) is 18.7 Å². The zero-order chi connectivity index (χ0) is 11.6. The predicted octanol–water partition coefficient (Wildman–Crippen LogP) is 2.98. The highest BCUT2D eigenvalue weighted by Gasteiger charge is 2.31. The van der Waals surface area contributed by atoms with Gasteiger partial charge in [-0.25, -0.2) is 0 Å². The molecule has 0 atom stereocenters. The molecule has 88 valence electrons. The van der Waals surface area contributed by atoms with Gasteiger partial charge in [-0.15, -0.1) is 13.2 Å². The van der Waals surface area contributed by atoms with Crippen molar-refractivity contribution in [3.8, 4) is 11.8 Å². The average molecular weight is 232 g/mol. The van der Waals surface area contributed by atoms with Crippen LogP contribution in [0.4, 0.5) is 18.9 Å². The van der Waals surface area contributed by atoms with E-state index in [0.717, 1.165) is 12.1 Å². The minimum atomic E-state index is -4.76. The topological polar surface area (TPSA) is 59.0 Å². The van der Waals surface area contributed by atoms with E-state index in [1.807, 2.05) is 0 Å². The number of aryl methyl sites for hydroxylation is 1. The third-order valence-electron chi connectivity index (χ3n) is 1.68. The Morgan fingerprint density at radius 3 is 2.31 bits per heavy atom. The van der Waals surface area contributed by atoms with E-state index in [1.165, 1.54) is 6.92 Å². The fourth-order valence-corrected chi connectivity index (χ4v) is 1.13. The van der Waals surface area contributed by atoms with Crippen LogP contribution in [0.2, 0.25) is 0 Å². The summed E-state index contributed by atoms with van der Waals surface area (Å²) in [6, 6.07) is 3.88.